The van der Waals surface area contributed by atoms with Crippen molar-refractivity contribution in [2.45, 2.75) is 43.8 Å². The van der Waals surface area contributed by atoms with Crippen LogP contribution in [0, 0.1) is 11.6 Å². The van der Waals surface area contributed by atoms with Crippen LogP contribution in [0.1, 0.15) is 38.4 Å². The first-order valence-electron chi connectivity index (χ1n) is 8.77. The van der Waals surface area contributed by atoms with Gasteiger partial charge in [-0.05, 0) is 57.0 Å². The second-order valence-corrected chi connectivity index (χ2v) is 9.36. The molecule has 0 aliphatic carbocycles. The molecule has 1 aromatic carbocycles. The Morgan fingerprint density at radius 1 is 1.13 bits per heavy atom. The van der Waals surface area contributed by atoms with Crippen molar-refractivity contribution in [1.82, 2.24) is 9.71 Å². The van der Waals surface area contributed by atoms with Gasteiger partial charge < -0.3 is 9.84 Å². The lowest BCUT2D eigenvalue weighted by Gasteiger charge is -2.36. The number of hydrogen-bond acceptors (Lipinski definition) is 4. The number of halogens is 5. The number of alkyl halides is 3. The van der Waals surface area contributed by atoms with Gasteiger partial charge in [-0.2, -0.15) is 0 Å². The van der Waals surface area contributed by atoms with Crippen LogP contribution in [0.4, 0.5) is 22.0 Å². The highest BCUT2D eigenvalue weighted by atomic mass is 32.2. The van der Waals surface area contributed by atoms with Gasteiger partial charge in [-0.25, -0.2) is 17.7 Å². The molecule has 0 aliphatic rings. The minimum absolute atomic E-state index is 0.0845. The van der Waals surface area contributed by atoms with Crippen LogP contribution in [-0.4, -0.2) is 32.0 Å². The van der Waals surface area contributed by atoms with E-state index in [4.69, 9.17) is 0 Å². The molecule has 11 heteroatoms. The Morgan fingerprint density at radius 2 is 1.80 bits per heavy atom. The Morgan fingerprint density at radius 3 is 2.30 bits per heavy atom. The molecular weight excluding hydrogens is 431 g/mol. The van der Waals surface area contributed by atoms with Crippen molar-refractivity contribution >= 4 is 11.0 Å². The molecule has 0 unspecified atom stereocenters. The van der Waals surface area contributed by atoms with Gasteiger partial charge >= 0.3 is 6.36 Å². The molecule has 0 saturated carbocycles. The maximum Gasteiger partial charge on any atom is 0.573 e. The summed E-state index contributed by atoms with van der Waals surface area (Å²) in [5, 5.41) is 9.65. The fraction of sp³-hybridized carbons (Fsp3) is 0.421. The van der Waals surface area contributed by atoms with Crippen molar-refractivity contribution < 1.29 is 36.0 Å². The first-order valence-corrected chi connectivity index (χ1v) is 9.92. The molecule has 1 aromatic heterocycles. The number of benzene rings is 1. The monoisotopic (exact) mass is 452 g/mol. The number of nitrogens with one attached hydrogen (secondary N) is 1. The predicted molar refractivity (Wildman–Crippen MR) is 101 cm³/mol. The summed E-state index contributed by atoms with van der Waals surface area (Å²) >= 11 is 0. The van der Waals surface area contributed by atoms with Gasteiger partial charge in [-0.15, -0.1) is 13.2 Å². The zero-order valence-electron chi connectivity index (χ0n) is 16.4. The molecule has 5 nitrogen and oxygen atoms in total. The summed E-state index contributed by atoms with van der Waals surface area (Å²) in [7, 11) is -1.85. The van der Waals surface area contributed by atoms with E-state index in [1.807, 2.05) is 0 Å². The van der Waals surface area contributed by atoms with Crippen LogP contribution in [0.3, 0.4) is 0 Å². The van der Waals surface area contributed by atoms with Gasteiger partial charge in [0.25, 0.3) is 0 Å². The van der Waals surface area contributed by atoms with Gasteiger partial charge in [0.1, 0.15) is 17.1 Å². The molecule has 0 radical (unpaired) electrons. The zero-order valence-corrected chi connectivity index (χ0v) is 17.2. The fourth-order valence-corrected chi connectivity index (χ4v) is 3.65. The molecule has 0 aliphatic heterocycles. The molecular formula is C19H21F5N2O3S. The van der Waals surface area contributed by atoms with E-state index in [-0.39, 0.29) is 17.7 Å². The quantitative estimate of drug-likeness (QED) is 0.625. The van der Waals surface area contributed by atoms with Gasteiger partial charge in [0.15, 0.2) is 11.6 Å². The molecule has 30 heavy (non-hydrogen) atoms. The standard InChI is InChI=1S/C19H21F5N2O3S/c1-17(2,3)30(28)26-18(8-10-27,16-13(20)5-4-9-25-16)12-6-7-15(14(21)11-12)29-19(22,23)24/h4-7,9,11,26-27H,8,10H2,1-3H3/t18-,30+/m0/s1. The topological polar surface area (TPSA) is 71.5 Å². The lowest BCUT2D eigenvalue weighted by atomic mass is 9.84. The van der Waals surface area contributed by atoms with Gasteiger partial charge in [0, 0.05) is 12.8 Å². The van der Waals surface area contributed by atoms with E-state index in [1.165, 1.54) is 12.3 Å². The second-order valence-electron chi connectivity index (χ2n) is 7.39. The third-order valence-electron chi connectivity index (χ3n) is 4.12. The van der Waals surface area contributed by atoms with E-state index < -0.39 is 51.6 Å². The van der Waals surface area contributed by atoms with Gasteiger partial charge in [-0.1, -0.05) is 6.07 Å². The summed E-state index contributed by atoms with van der Waals surface area (Å²) in [5.41, 5.74) is -2.17. The molecule has 0 saturated heterocycles. The third-order valence-corrected chi connectivity index (χ3v) is 5.77. The largest absolute Gasteiger partial charge is 0.573 e. The van der Waals surface area contributed by atoms with Gasteiger partial charge in [0.05, 0.1) is 15.7 Å². The second kappa shape index (κ2) is 8.94. The van der Waals surface area contributed by atoms with E-state index in [9.17, 15) is 31.3 Å². The number of nitrogens with zero attached hydrogens (tertiary/aromatic N) is 1. The molecule has 0 bridgehead atoms. The lowest BCUT2D eigenvalue weighted by molar-refractivity contribution is -0.275. The van der Waals surface area contributed by atoms with Crippen LogP contribution in [0.15, 0.2) is 36.5 Å². The van der Waals surface area contributed by atoms with Crippen molar-refractivity contribution in [3.63, 3.8) is 0 Å². The molecule has 0 fully saturated rings. The minimum atomic E-state index is -5.11. The van der Waals surface area contributed by atoms with Crippen molar-refractivity contribution in [3.05, 3.63) is 59.4 Å². The SMILES string of the molecule is CC(C)(C)[S@@](=O)N[C@@](CCO)(c1ccc(OC(F)(F)F)c(F)c1)c1ncccc1F. The number of rotatable bonds is 7. The molecule has 0 amide bonds. The number of pyridine rings is 1. The molecule has 166 valence electrons. The molecule has 2 N–H and O–H groups in total. The lowest BCUT2D eigenvalue weighted by Crippen LogP contribution is -2.50. The van der Waals surface area contributed by atoms with Crippen molar-refractivity contribution in [3.8, 4) is 5.75 Å². The Labute approximate surface area is 172 Å². The number of hydrogen-bond donors (Lipinski definition) is 2. The summed E-state index contributed by atoms with van der Waals surface area (Å²) in [6, 6.07) is 4.89. The Balaban J connectivity index is 2.70. The normalized spacial score (nSPS) is 15.5. The highest BCUT2D eigenvalue weighted by Crippen LogP contribution is 2.37. The van der Waals surface area contributed by atoms with E-state index >= 15 is 0 Å². The molecule has 2 atom stereocenters. The van der Waals surface area contributed by atoms with Crippen LogP contribution >= 0.6 is 0 Å². The first-order chi connectivity index (χ1) is 13.8. The summed E-state index contributed by atoms with van der Waals surface area (Å²) < 4.78 is 84.9. The maximum atomic E-state index is 14.7. The van der Waals surface area contributed by atoms with E-state index in [0.717, 1.165) is 18.2 Å². The Bertz CT molecular complexity index is 918. The first kappa shape index (κ1) is 24.2. The van der Waals surface area contributed by atoms with Crippen LogP contribution in [-0.2, 0) is 16.5 Å². The average Bonchev–Trinajstić information content (AvgIpc) is 2.61. The predicted octanol–water partition coefficient (Wildman–Crippen LogP) is 3.94. The van der Waals surface area contributed by atoms with E-state index in [2.05, 4.69) is 14.4 Å². The third kappa shape index (κ3) is 5.52. The van der Waals surface area contributed by atoms with Crippen LogP contribution < -0.4 is 9.46 Å². The maximum absolute atomic E-state index is 14.7. The highest BCUT2D eigenvalue weighted by molar-refractivity contribution is 7.84. The average molecular weight is 452 g/mol. The molecule has 0 spiro atoms. The van der Waals surface area contributed by atoms with Crippen LogP contribution in [0.2, 0.25) is 0 Å². The summed E-state index contributed by atoms with van der Waals surface area (Å²) in [4.78, 5) is 3.98. The molecule has 2 aromatic rings. The Kier molecular flexibility index (Phi) is 7.20. The van der Waals surface area contributed by atoms with E-state index in [1.54, 1.807) is 20.8 Å². The van der Waals surface area contributed by atoms with Crippen LogP contribution in [0.25, 0.3) is 0 Å². The van der Waals surface area contributed by atoms with Crippen molar-refractivity contribution in [2.24, 2.45) is 0 Å². The van der Waals surface area contributed by atoms with Crippen molar-refractivity contribution in [2.75, 3.05) is 6.61 Å². The Hall–Kier alpha value is -2.11. The number of aliphatic hydroxyl groups is 1. The summed E-state index contributed by atoms with van der Waals surface area (Å²) in [5.74, 6) is -3.28. The van der Waals surface area contributed by atoms with E-state index in [0.29, 0.717) is 6.07 Å². The smallest absolute Gasteiger partial charge is 0.403 e. The number of aromatic nitrogens is 1. The highest BCUT2D eigenvalue weighted by Gasteiger charge is 2.42. The summed E-state index contributed by atoms with van der Waals surface area (Å²) in [6.07, 6.45) is -4.14. The minimum Gasteiger partial charge on any atom is -0.403 e. The number of aliphatic hydroxyl groups excluding tert-OH is 1. The fourth-order valence-electron chi connectivity index (χ4n) is 2.71. The zero-order chi connectivity index (χ0) is 22.7. The summed E-state index contributed by atoms with van der Waals surface area (Å²) in [6.45, 7) is 4.35. The van der Waals surface area contributed by atoms with Crippen molar-refractivity contribution in [1.29, 1.82) is 0 Å². The molecule has 2 rings (SSSR count). The molecule has 1 heterocycles. The van der Waals surface area contributed by atoms with Gasteiger partial charge in [0.2, 0.25) is 0 Å². The van der Waals surface area contributed by atoms with Crippen LogP contribution in [0.5, 0.6) is 5.75 Å². The van der Waals surface area contributed by atoms with Gasteiger partial charge in [-0.3, -0.25) is 4.98 Å². The number of ether oxygens (including phenoxy) is 1.